The fourth-order valence-corrected chi connectivity index (χ4v) is 7.73. The van der Waals surface area contributed by atoms with E-state index in [1.807, 2.05) is 41.5 Å². The first-order valence-corrected chi connectivity index (χ1v) is 16.3. The predicted octanol–water partition coefficient (Wildman–Crippen LogP) is 5.44. The summed E-state index contributed by atoms with van der Waals surface area (Å²) in [5.41, 5.74) is -2.12. The molecule has 3 rings (SSSR count). The average Bonchev–Trinajstić information content (AvgIpc) is 3.15. The van der Waals surface area contributed by atoms with Crippen LogP contribution < -0.4 is 16.0 Å². The maximum atomic E-state index is 13.6. The zero-order chi connectivity index (χ0) is 31.5. The number of alkyl halides is 2. The molecular formula is C31H51Cl2N3O6. The lowest BCUT2D eigenvalue weighted by Crippen LogP contribution is -2.54. The van der Waals surface area contributed by atoms with Gasteiger partial charge in [-0.1, -0.05) is 20.3 Å². The van der Waals surface area contributed by atoms with Crippen LogP contribution >= 0.6 is 23.2 Å². The molecule has 3 amide bonds. The average molecular weight is 633 g/mol. The molecule has 0 saturated heterocycles. The van der Waals surface area contributed by atoms with Crippen molar-refractivity contribution >= 4 is 47.1 Å². The van der Waals surface area contributed by atoms with Crippen LogP contribution in [0, 0.1) is 22.7 Å². The van der Waals surface area contributed by atoms with Crippen LogP contribution in [0.2, 0.25) is 0 Å². The van der Waals surface area contributed by atoms with Crippen molar-refractivity contribution < 1.29 is 28.7 Å². The fourth-order valence-electron chi connectivity index (χ4n) is 6.87. The van der Waals surface area contributed by atoms with E-state index in [1.54, 1.807) is 0 Å². The van der Waals surface area contributed by atoms with Gasteiger partial charge in [-0.15, -0.1) is 23.2 Å². The van der Waals surface area contributed by atoms with E-state index in [9.17, 15) is 19.2 Å². The number of hydrogen-bond acceptors (Lipinski definition) is 6. The van der Waals surface area contributed by atoms with Crippen molar-refractivity contribution in [2.24, 2.45) is 22.7 Å². The molecule has 9 nitrogen and oxygen atoms in total. The van der Waals surface area contributed by atoms with Crippen molar-refractivity contribution in [2.45, 2.75) is 140 Å². The summed E-state index contributed by atoms with van der Waals surface area (Å²) in [7, 11) is 1.32. The van der Waals surface area contributed by atoms with Gasteiger partial charge in [-0.05, 0) is 96.8 Å². The summed E-state index contributed by atoms with van der Waals surface area (Å²) in [4.78, 5) is 52.1. The summed E-state index contributed by atoms with van der Waals surface area (Å²) in [5, 5.41) is 8.64. The molecule has 0 heterocycles. The summed E-state index contributed by atoms with van der Waals surface area (Å²) in [6, 6.07) is -1.27. The molecule has 3 aliphatic rings. The maximum Gasteiger partial charge on any atom is 0.328 e. The third-order valence-corrected chi connectivity index (χ3v) is 11.0. The molecule has 42 heavy (non-hydrogen) atoms. The molecule has 2 unspecified atom stereocenters. The number of ether oxygens (including phenoxy) is 2. The molecule has 3 N–H and O–H groups in total. The number of urea groups is 1. The Balaban J connectivity index is 1.54. The number of hydrogen-bond donors (Lipinski definition) is 3. The molecular weight excluding hydrogens is 581 g/mol. The van der Waals surface area contributed by atoms with Crippen molar-refractivity contribution in [3.63, 3.8) is 0 Å². The Labute approximate surface area is 261 Å². The highest BCUT2D eigenvalue weighted by atomic mass is 35.5. The number of carbonyl (C=O) groups is 4. The quantitative estimate of drug-likeness (QED) is 0.242. The zero-order valence-corrected chi connectivity index (χ0v) is 27.8. The second kappa shape index (κ2) is 13.9. The SMILES string of the molecule is COC(=O)[C@H](CC1CCC(NC(=O)NC2C(Cl)CCCC2Cl)CC1)NC(=O)[C@H]1CC[C@@](C)(C(=O)OC(C)(C)C)C1(C)C. The molecule has 0 bridgehead atoms. The highest BCUT2D eigenvalue weighted by Gasteiger charge is 2.59. The molecule has 0 aromatic carbocycles. The first-order valence-electron chi connectivity index (χ1n) is 15.5. The van der Waals surface area contributed by atoms with Crippen LogP contribution in [-0.2, 0) is 23.9 Å². The Bertz CT molecular complexity index is 984. The van der Waals surface area contributed by atoms with Gasteiger partial charge in [0.25, 0.3) is 0 Å². The van der Waals surface area contributed by atoms with Crippen molar-refractivity contribution in [1.82, 2.24) is 16.0 Å². The molecule has 0 aliphatic heterocycles. The topological polar surface area (TPSA) is 123 Å². The van der Waals surface area contributed by atoms with Gasteiger partial charge in [0.2, 0.25) is 5.91 Å². The number of nitrogens with one attached hydrogen (secondary N) is 3. The number of methoxy groups -OCH3 is 1. The van der Waals surface area contributed by atoms with Crippen LogP contribution in [0.4, 0.5) is 4.79 Å². The van der Waals surface area contributed by atoms with Gasteiger partial charge >= 0.3 is 18.0 Å². The third-order valence-electron chi connectivity index (χ3n) is 9.98. The summed E-state index contributed by atoms with van der Waals surface area (Å²) in [5.74, 6) is -1.29. The summed E-state index contributed by atoms with van der Waals surface area (Å²) < 4.78 is 10.8. The number of halogens is 2. The predicted molar refractivity (Wildman–Crippen MR) is 163 cm³/mol. The van der Waals surface area contributed by atoms with Gasteiger partial charge in [0, 0.05) is 12.0 Å². The van der Waals surface area contributed by atoms with Crippen molar-refractivity contribution in [3.05, 3.63) is 0 Å². The lowest BCUT2D eigenvalue weighted by Gasteiger charge is -2.40. The Morgan fingerprint density at radius 2 is 1.50 bits per heavy atom. The minimum atomic E-state index is -0.826. The molecule has 0 aromatic rings. The van der Waals surface area contributed by atoms with Crippen molar-refractivity contribution in [1.29, 1.82) is 0 Å². The Morgan fingerprint density at radius 1 is 0.905 bits per heavy atom. The van der Waals surface area contributed by atoms with Gasteiger partial charge < -0.3 is 25.4 Å². The summed E-state index contributed by atoms with van der Waals surface area (Å²) in [6.07, 6.45) is 7.28. The molecule has 0 radical (unpaired) electrons. The normalized spacial score (nSPS) is 33.6. The number of rotatable bonds is 8. The van der Waals surface area contributed by atoms with E-state index in [1.165, 1.54) is 7.11 Å². The third kappa shape index (κ3) is 8.25. The van der Waals surface area contributed by atoms with Gasteiger partial charge in [-0.25, -0.2) is 9.59 Å². The van der Waals surface area contributed by atoms with E-state index < -0.39 is 34.4 Å². The molecule has 240 valence electrons. The Morgan fingerprint density at radius 3 is 2.05 bits per heavy atom. The fraction of sp³-hybridized carbons (Fsp3) is 0.871. The Kier molecular flexibility index (Phi) is 11.5. The van der Waals surface area contributed by atoms with Crippen LogP contribution in [-0.4, -0.2) is 65.5 Å². The van der Waals surface area contributed by atoms with Crippen molar-refractivity contribution in [2.75, 3.05) is 7.11 Å². The largest absolute Gasteiger partial charge is 0.467 e. The van der Waals surface area contributed by atoms with Gasteiger partial charge in [-0.2, -0.15) is 0 Å². The number of esters is 2. The lowest BCUT2D eigenvalue weighted by atomic mass is 9.65. The van der Waals surface area contributed by atoms with E-state index in [4.69, 9.17) is 32.7 Å². The molecule has 0 spiro atoms. The first-order chi connectivity index (χ1) is 19.5. The van der Waals surface area contributed by atoms with Crippen LogP contribution in [0.25, 0.3) is 0 Å². The van der Waals surface area contributed by atoms with Crippen molar-refractivity contribution in [3.8, 4) is 0 Å². The first kappa shape index (κ1) is 34.7. The standard InChI is InChI=1S/C31H51Cl2N3O6/c1-29(2,3)42-27(39)31(6)16-15-20(30(31,4)5)25(37)35-23(26(38)41-7)17-18-11-13-19(14-12-18)34-28(40)36-24-21(32)9-8-10-22(24)33/h18-24H,8-17H2,1-7H3,(H,35,37)(H2,34,36,40)/t18?,19?,20-,21?,22?,23+,24?,31+/m1/s1. The molecule has 5 atom stereocenters. The van der Waals surface area contributed by atoms with Gasteiger partial charge in [-0.3, -0.25) is 9.59 Å². The summed E-state index contributed by atoms with van der Waals surface area (Å²) >= 11 is 12.8. The minimum absolute atomic E-state index is 0.0170. The maximum absolute atomic E-state index is 13.6. The highest BCUT2D eigenvalue weighted by molar-refractivity contribution is 6.25. The monoisotopic (exact) mass is 631 g/mol. The Hall–Kier alpha value is -1.74. The van der Waals surface area contributed by atoms with Crippen LogP contribution in [0.1, 0.15) is 106 Å². The van der Waals surface area contributed by atoms with E-state index in [0.717, 1.165) is 44.9 Å². The zero-order valence-electron chi connectivity index (χ0n) is 26.3. The number of amides is 3. The molecule has 0 aromatic heterocycles. The molecule has 11 heteroatoms. The van der Waals surface area contributed by atoms with E-state index in [2.05, 4.69) is 16.0 Å². The molecule has 3 saturated carbocycles. The summed E-state index contributed by atoms with van der Waals surface area (Å²) in [6.45, 7) is 11.2. The van der Waals surface area contributed by atoms with Gasteiger partial charge in [0.1, 0.15) is 11.6 Å². The van der Waals surface area contributed by atoms with Crippen LogP contribution in [0.15, 0.2) is 0 Å². The molecule has 3 aliphatic carbocycles. The smallest absolute Gasteiger partial charge is 0.328 e. The highest BCUT2D eigenvalue weighted by Crippen LogP contribution is 2.57. The second-order valence-electron chi connectivity index (χ2n) is 14.3. The minimum Gasteiger partial charge on any atom is -0.467 e. The van der Waals surface area contributed by atoms with Gasteiger partial charge in [0.15, 0.2) is 0 Å². The van der Waals surface area contributed by atoms with Gasteiger partial charge in [0.05, 0.1) is 29.3 Å². The second-order valence-corrected chi connectivity index (χ2v) is 15.4. The van der Waals surface area contributed by atoms with Crippen LogP contribution in [0.5, 0.6) is 0 Å². The molecule has 3 fully saturated rings. The van der Waals surface area contributed by atoms with E-state index >= 15 is 0 Å². The number of carbonyl (C=O) groups excluding carboxylic acids is 4. The van der Waals surface area contributed by atoms with E-state index in [0.29, 0.717) is 19.3 Å². The van der Waals surface area contributed by atoms with E-state index in [-0.39, 0.29) is 46.7 Å². The van der Waals surface area contributed by atoms with Crippen LogP contribution in [0.3, 0.4) is 0 Å². The lowest BCUT2D eigenvalue weighted by molar-refractivity contribution is -0.173.